The van der Waals surface area contributed by atoms with Crippen LogP contribution in [0.15, 0.2) is 24.3 Å². The number of nitrogens with zero attached hydrogens (tertiary/aromatic N) is 3. The molecular formula is C25H35N3O2. The number of carbonyl (C=O) groups excluding carboxylic acids is 2. The lowest BCUT2D eigenvalue weighted by molar-refractivity contribution is -0.139. The fourth-order valence-electron chi connectivity index (χ4n) is 6.15. The number of benzene rings is 1. The fourth-order valence-corrected chi connectivity index (χ4v) is 6.15. The number of rotatable bonds is 3. The van der Waals surface area contributed by atoms with E-state index in [1.54, 1.807) is 0 Å². The minimum Gasteiger partial charge on any atom is -0.342 e. The first kappa shape index (κ1) is 20.0. The number of carbonyl (C=O) groups is 2. The monoisotopic (exact) mass is 409 g/mol. The summed E-state index contributed by atoms with van der Waals surface area (Å²) in [7, 11) is 2.13. The van der Waals surface area contributed by atoms with Gasteiger partial charge in [0.1, 0.15) is 0 Å². The highest BCUT2D eigenvalue weighted by atomic mass is 16.2. The van der Waals surface area contributed by atoms with Crippen LogP contribution in [0.5, 0.6) is 0 Å². The molecule has 0 radical (unpaired) electrons. The molecule has 0 bridgehead atoms. The van der Waals surface area contributed by atoms with Crippen molar-refractivity contribution in [2.24, 2.45) is 5.92 Å². The molecule has 1 aromatic rings. The van der Waals surface area contributed by atoms with Crippen molar-refractivity contribution in [3.8, 4) is 0 Å². The van der Waals surface area contributed by atoms with Gasteiger partial charge in [-0.1, -0.05) is 30.7 Å². The second-order valence-corrected chi connectivity index (χ2v) is 10.1. The number of piperazine rings is 1. The number of piperidine rings is 1. The zero-order valence-corrected chi connectivity index (χ0v) is 18.3. The molecule has 162 valence electrons. The summed E-state index contributed by atoms with van der Waals surface area (Å²) in [5.74, 6) is 1.33. The van der Waals surface area contributed by atoms with Gasteiger partial charge >= 0.3 is 0 Å². The molecule has 0 unspecified atom stereocenters. The van der Waals surface area contributed by atoms with Gasteiger partial charge in [0.25, 0.3) is 0 Å². The highest BCUT2D eigenvalue weighted by Gasteiger charge is 2.47. The highest BCUT2D eigenvalue weighted by molar-refractivity contribution is 5.80. The van der Waals surface area contributed by atoms with Crippen molar-refractivity contribution in [3.05, 3.63) is 35.4 Å². The minimum absolute atomic E-state index is 0.153. The predicted molar refractivity (Wildman–Crippen MR) is 117 cm³/mol. The van der Waals surface area contributed by atoms with Gasteiger partial charge in [-0.25, -0.2) is 0 Å². The van der Waals surface area contributed by atoms with Crippen molar-refractivity contribution in [1.82, 2.24) is 14.7 Å². The van der Waals surface area contributed by atoms with E-state index in [4.69, 9.17) is 0 Å². The van der Waals surface area contributed by atoms with Gasteiger partial charge in [0.2, 0.25) is 11.8 Å². The first-order valence-electron chi connectivity index (χ1n) is 11.9. The Hall–Kier alpha value is -1.88. The Labute approximate surface area is 180 Å². The number of likely N-dealkylation sites (N-methyl/N-ethyl adjacent to an activating group) is 1. The molecule has 5 rings (SSSR count). The second-order valence-electron chi connectivity index (χ2n) is 10.1. The van der Waals surface area contributed by atoms with Crippen LogP contribution in [0.25, 0.3) is 0 Å². The maximum atomic E-state index is 13.1. The van der Waals surface area contributed by atoms with Crippen molar-refractivity contribution in [2.75, 3.05) is 46.3 Å². The average Bonchev–Trinajstić information content (AvgIpc) is 3.01. The molecular weight excluding hydrogens is 374 g/mol. The van der Waals surface area contributed by atoms with Crippen LogP contribution in [-0.2, 0) is 15.0 Å². The molecule has 4 aliphatic rings. The molecule has 2 aliphatic carbocycles. The summed E-state index contributed by atoms with van der Waals surface area (Å²) in [5, 5.41) is 0. The van der Waals surface area contributed by atoms with E-state index < -0.39 is 0 Å². The van der Waals surface area contributed by atoms with Crippen LogP contribution in [0.2, 0.25) is 0 Å². The van der Waals surface area contributed by atoms with Gasteiger partial charge in [-0.05, 0) is 61.6 Å². The average molecular weight is 410 g/mol. The van der Waals surface area contributed by atoms with Crippen LogP contribution in [-0.4, -0.2) is 72.8 Å². The van der Waals surface area contributed by atoms with Crippen LogP contribution in [0, 0.1) is 5.92 Å². The van der Waals surface area contributed by atoms with Crippen molar-refractivity contribution >= 4 is 11.8 Å². The lowest BCUT2D eigenvalue weighted by Crippen LogP contribution is -2.48. The maximum absolute atomic E-state index is 13.1. The van der Waals surface area contributed by atoms with E-state index >= 15 is 0 Å². The van der Waals surface area contributed by atoms with E-state index in [-0.39, 0.29) is 5.41 Å². The summed E-state index contributed by atoms with van der Waals surface area (Å²) in [4.78, 5) is 32.2. The molecule has 2 heterocycles. The third-order valence-electron chi connectivity index (χ3n) is 8.37. The second kappa shape index (κ2) is 7.99. The molecule has 1 saturated carbocycles. The van der Waals surface area contributed by atoms with Crippen molar-refractivity contribution < 1.29 is 9.59 Å². The molecule has 5 heteroatoms. The summed E-state index contributed by atoms with van der Waals surface area (Å²) in [6.45, 7) is 5.41. The first-order valence-corrected chi connectivity index (χ1v) is 11.9. The van der Waals surface area contributed by atoms with E-state index in [0.29, 0.717) is 30.1 Å². The van der Waals surface area contributed by atoms with Crippen LogP contribution in [0.4, 0.5) is 0 Å². The Morgan fingerprint density at radius 1 is 0.967 bits per heavy atom. The quantitative estimate of drug-likeness (QED) is 0.771. The molecule has 2 saturated heterocycles. The Kier molecular flexibility index (Phi) is 5.34. The summed E-state index contributed by atoms with van der Waals surface area (Å²) in [6.07, 6.45) is 7.16. The Morgan fingerprint density at radius 2 is 1.67 bits per heavy atom. The van der Waals surface area contributed by atoms with Gasteiger partial charge in [0.15, 0.2) is 0 Å². The summed E-state index contributed by atoms with van der Waals surface area (Å²) < 4.78 is 0. The molecule has 3 fully saturated rings. The molecule has 5 nitrogen and oxygen atoms in total. The molecule has 2 amide bonds. The largest absolute Gasteiger partial charge is 0.342 e. The van der Waals surface area contributed by atoms with E-state index in [1.807, 2.05) is 0 Å². The van der Waals surface area contributed by atoms with Crippen LogP contribution < -0.4 is 0 Å². The first-order chi connectivity index (χ1) is 14.6. The van der Waals surface area contributed by atoms with Gasteiger partial charge in [-0.15, -0.1) is 0 Å². The predicted octanol–water partition coefficient (Wildman–Crippen LogP) is 3.00. The summed E-state index contributed by atoms with van der Waals surface area (Å²) >= 11 is 0. The zero-order chi connectivity index (χ0) is 20.7. The van der Waals surface area contributed by atoms with Gasteiger partial charge in [0, 0.05) is 51.6 Å². The lowest BCUT2D eigenvalue weighted by Gasteiger charge is -2.42. The molecule has 30 heavy (non-hydrogen) atoms. The van der Waals surface area contributed by atoms with Gasteiger partial charge < -0.3 is 14.7 Å². The summed E-state index contributed by atoms with van der Waals surface area (Å²) in [5.41, 5.74) is 3.00. The Balaban J connectivity index is 1.27. The number of hydrogen-bond acceptors (Lipinski definition) is 3. The van der Waals surface area contributed by atoms with E-state index in [1.165, 1.54) is 17.5 Å². The number of hydrogen-bond donors (Lipinski definition) is 0. The number of amides is 2. The van der Waals surface area contributed by atoms with Crippen molar-refractivity contribution in [1.29, 1.82) is 0 Å². The third kappa shape index (κ3) is 3.55. The molecule has 2 aliphatic heterocycles. The molecule has 1 spiro atoms. The standard InChI is InChI=1S/C25H35N3O2/c1-26-13-15-27(16-14-26)23(29)17-20-18-25(22-8-3-2-7-21(20)22)9-11-28(12-10-25)24(30)19-5-4-6-19/h2-3,7-8,19-20H,4-6,9-18H2,1H3/t20-/m0/s1. The topological polar surface area (TPSA) is 43.9 Å². The maximum Gasteiger partial charge on any atom is 0.225 e. The van der Waals surface area contributed by atoms with Gasteiger partial charge in [-0.3, -0.25) is 9.59 Å². The van der Waals surface area contributed by atoms with Crippen molar-refractivity contribution in [3.63, 3.8) is 0 Å². The summed E-state index contributed by atoms with van der Waals surface area (Å²) in [6, 6.07) is 8.81. The van der Waals surface area contributed by atoms with Crippen molar-refractivity contribution in [2.45, 2.75) is 56.3 Å². The lowest BCUT2D eigenvalue weighted by atomic mass is 9.72. The van der Waals surface area contributed by atoms with Crippen LogP contribution in [0.3, 0.4) is 0 Å². The fraction of sp³-hybridized carbons (Fsp3) is 0.680. The van der Waals surface area contributed by atoms with Crippen LogP contribution >= 0.6 is 0 Å². The highest BCUT2D eigenvalue weighted by Crippen LogP contribution is 2.53. The molecule has 1 aromatic carbocycles. The SMILES string of the molecule is CN1CCN(C(=O)C[C@H]2CC3(CCN(C(=O)C4CCC4)CC3)c3ccccc32)CC1. The van der Waals surface area contributed by atoms with E-state index in [0.717, 1.165) is 71.4 Å². The third-order valence-corrected chi connectivity index (χ3v) is 8.37. The molecule has 1 atom stereocenters. The minimum atomic E-state index is 0.153. The van der Waals surface area contributed by atoms with E-state index in [2.05, 4.69) is 46.0 Å². The smallest absolute Gasteiger partial charge is 0.225 e. The van der Waals surface area contributed by atoms with Gasteiger partial charge in [0.05, 0.1) is 0 Å². The Bertz CT molecular complexity index is 802. The zero-order valence-electron chi connectivity index (χ0n) is 18.3. The molecule has 0 aromatic heterocycles. The molecule has 0 N–H and O–H groups in total. The van der Waals surface area contributed by atoms with E-state index in [9.17, 15) is 9.59 Å². The van der Waals surface area contributed by atoms with Gasteiger partial charge in [-0.2, -0.15) is 0 Å². The normalized spacial score (nSPS) is 26.5. The van der Waals surface area contributed by atoms with Crippen LogP contribution in [0.1, 0.15) is 62.0 Å². The Morgan fingerprint density at radius 3 is 2.33 bits per heavy atom. The number of fused-ring (bicyclic) bond motifs is 2. The number of likely N-dealkylation sites (tertiary alicyclic amines) is 1.